The Kier molecular flexibility index (Phi) is 7.19. The molecule has 3 aromatic carbocycles. The average molecular weight is 459 g/mol. The Bertz CT molecular complexity index is 1130. The van der Waals surface area contributed by atoms with E-state index in [-0.39, 0.29) is 23.1 Å². The molecule has 2 atom stereocenters. The van der Waals surface area contributed by atoms with E-state index in [1.165, 1.54) is 0 Å². The molecule has 0 radical (unpaired) electrons. The van der Waals surface area contributed by atoms with Crippen LogP contribution in [-0.4, -0.2) is 17.6 Å². The van der Waals surface area contributed by atoms with Crippen LogP contribution in [0, 0.1) is 0 Å². The van der Waals surface area contributed by atoms with Crippen LogP contribution in [0.2, 0.25) is 0 Å². The second-order valence-corrected chi connectivity index (χ2v) is 9.66. The molecule has 0 bridgehead atoms. The highest BCUT2D eigenvalue weighted by Gasteiger charge is 2.37. The van der Waals surface area contributed by atoms with Gasteiger partial charge in [0.25, 0.3) is 0 Å². The lowest BCUT2D eigenvalue weighted by Gasteiger charge is -2.29. The van der Waals surface area contributed by atoms with Gasteiger partial charge in [-0.15, -0.1) is 11.8 Å². The minimum absolute atomic E-state index is 0.0281. The smallest absolute Gasteiger partial charge is 0.238 e. The third-order valence-electron chi connectivity index (χ3n) is 6.10. The molecule has 0 aliphatic carbocycles. The molecule has 1 aliphatic heterocycles. The second-order valence-electron chi connectivity index (χ2n) is 8.59. The molecule has 1 aliphatic rings. The number of benzene rings is 3. The summed E-state index contributed by atoms with van der Waals surface area (Å²) in [6, 6.07) is 25.8. The number of anilines is 2. The third kappa shape index (κ3) is 4.83. The quantitative estimate of drug-likeness (QED) is 0.427. The first-order chi connectivity index (χ1) is 16.0. The largest absolute Gasteiger partial charge is 0.325 e. The Morgan fingerprint density at radius 3 is 2.39 bits per heavy atom. The first-order valence-electron chi connectivity index (χ1n) is 11.5. The van der Waals surface area contributed by atoms with Crippen molar-refractivity contribution in [1.29, 1.82) is 0 Å². The molecule has 1 heterocycles. The Labute approximate surface area is 200 Å². The molecule has 4 rings (SSSR count). The molecule has 170 valence electrons. The number of rotatable bonds is 7. The van der Waals surface area contributed by atoms with E-state index in [0.717, 1.165) is 28.1 Å². The van der Waals surface area contributed by atoms with E-state index < -0.39 is 0 Å². The number of carbonyl (C=O) groups is 2. The number of thioether (sulfide) groups is 1. The molecular weight excluding hydrogens is 428 g/mol. The van der Waals surface area contributed by atoms with Gasteiger partial charge in [0.1, 0.15) is 5.37 Å². The van der Waals surface area contributed by atoms with Crippen molar-refractivity contribution in [3.8, 4) is 0 Å². The zero-order chi connectivity index (χ0) is 23.4. The van der Waals surface area contributed by atoms with Crippen LogP contribution in [0.3, 0.4) is 0 Å². The maximum absolute atomic E-state index is 13.3. The van der Waals surface area contributed by atoms with Crippen LogP contribution in [0.1, 0.15) is 61.1 Å². The van der Waals surface area contributed by atoms with Crippen molar-refractivity contribution in [2.24, 2.45) is 0 Å². The van der Waals surface area contributed by atoms with Gasteiger partial charge in [0, 0.05) is 16.9 Å². The summed E-state index contributed by atoms with van der Waals surface area (Å²) in [6.45, 7) is 6.31. The van der Waals surface area contributed by atoms with Gasteiger partial charge in [-0.05, 0) is 35.6 Å². The van der Waals surface area contributed by atoms with Gasteiger partial charge in [-0.3, -0.25) is 14.5 Å². The third-order valence-corrected chi connectivity index (χ3v) is 7.29. The summed E-state index contributed by atoms with van der Waals surface area (Å²) in [5.41, 5.74) is 4.81. The molecular formula is C28H30N2O2S. The molecule has 3 aromatic rings. The van der Waals surface area contributed by atoms with Crippen LogP contribution in [0.4, 0.5) is 11.4 Å². The summed E-state index contributed by atoms with van der Waals surface area (Å²) in [5, 5.41) is 2.98. The van der Waals surface area contributed by atoms with Crippen molar-refractivity contribution in [3.05, 3.63) is 95.6 Å². The summed E-state index contributed by atoms with van der Waals surface area (Å²) in [7, 11) is 0. The molecule has 0 saturated carbocycles. The summed E-state index contributed by atoms with van der Waals surface area (Å²) < 4.78 is 0. The molecule has 1 saturated heterocycles. The predicted molar refractivity (Wildman–Crippen MR) is 138 cm³/mol. The van der Waals surface area contributed by atoms with Gasteiger partial charge in [-0.1, -0.05) is 87.5 Å². The average Bonchev–Trinajstić information content (AvgIpc) is 3.21. The summed E-state index contributed by atoms with van der Waals surface area (Å²) in [6.07, 6.45) is 0.711. The molecule has 0 unspecified atom stereocenters. The maximum atomic E-state index is 13.3. The van der Waals surface area contributed by atoms with Crippen LogP contribution in [0.15, 0.2) is 78.9 Å². The Balaban J connectivity index is 1.67. The van der Waals surface area contributed by atoms with E-state index in [1.807, 2.05) is 84.6 Å². The zero-order valence-electron chi connectivity index (χ0n) is 19.3. The predicted octanol–water partition coefficient (Wildman–Crippen LogP) is 6.72. The molecule has 2 amide bonds. The Hall–Kier alpha value is -3.05. The van der Waals surface area contributed by atoms with Gasteiger partial charge in [-0.2, -0.15) is 0 Å². The number of amides is 2. The zero-order valence-corrected chi connectivity index (χ0v) is 20.1. The molecule has 1 N–H and O–H groups in total. The lowest BCUT2D eigenvalue weighted by Crippen LogP contribution is -2.30. The van der Waals surface area contributed by atoms with Crippen molar-refractivity contribution < 1.29 is 9.59 Å². The van der Waals surface area contributed by atoms with Crippen LogP contribution < -0.4 is 10.2 Å². The monoisotopic (exact) mass is 458 g/mol. The maximum Gasteiger partial charge on any atom is 0.238 e. The van der Waals surface area contributed by atoms with Crippen molar-refractivity contribution in [1.82, 2.24) is 0 Å². The van der Waals surface area contributed by atoms with E-state index >= 15 is 0 Å². The lowest BCUT2D eigenvalue weighted by atomic mass is 9.95. The Morgan fingerprint density at radius 2 is 1.67 bits per heavy atom. The highest BCUT2D eigenvalue weighted by Crippen LogP contribution is 2.46. The molecule has 5 heteroatoms. The van der Waals surface area contributed by atoms with Crippen LogP contribution in [0.25, 0.3) is 0 Å². The van der Waals surface area contributed by atoms with E-state index in [9.17, 15) is 9.59 Å². The van der Waals surface area contributed by atoms with Crippen molar-refractivity contribution in [2.45, 2.75) is 44.4 Å². The molecule has 33 heavy (non-hydrogen) atoms. The van der Waals surface area contributed by atoms with Crippen LogP contribution in [-0.2, 0) is 9.59 Å². The van der Waals surface area contributed by atoms with Gasteiger partial charge in [0.2, 0.25) is 11.8 Å². The van der Waals surface area contributed by atoms with Crippen molar-refractivity contribution in [2.75, 3.05) is 16.0 Å². The molecule has 4 nitrogen and oxygen atoms in total. The second kappa shape index (κ2) is 10.3. The Morgan fingerprint density at radius 1 is 1.00 bits per heavy atom. The number of hydrogen-bond acceptors (Lipinski definition) is 3. The summed E-state index contributed by atoms with van der Waals surface area (Å²) in [4.78, 5) is 28.2. The van der Waals surface area contributed by atoms with E-state index in [4.69, 9.17) is 0 Å². The summed E-state index contributed by atoms with van der Waals surface area (Å²) >= 11 is 1.60. The highest BCUT2D eigenvalue weighted by atomic mass is 32.2. The fraction of sp³-hybridized carbons (Fsp3) is 0.286. The first kappa shape index (κ1) is 23.1. The van der Waals surface area contributed by atoms with Gasteiger partial charge >= 0.3 is 0 Å². The topological polar surface area (TPSA) is 49.4 Å². The van der Waals surface area contributed by atoms with Gasteiger partial charge in [0.05, 0.1) is 11.7 Å². The number of nitrogens with zero attached hydrogens (tertiary/aromatic N) is 1. The number of carbonyl (C=O) groups excluding carboxylic acids is 2. The molecule has 0 aromatic heterocycles. The van der Waals surface area contributed by atoms with E-state index in [2.05, 4.69) is 25.2 Å². The SMILES string of the molecule is CC[C@H](C(=O)Nc1ccccc1[C@H]1SCC(=O)N1c1ccccc1C(C)C)c1ccccc1. The fourth-order valence-electron chi connectivity index (χ4n) is 4.41. The van der Waals surface area contributed by atoms with Gasteiger partial charge in [-0.25, -0.2) is 0 Å². The standard InChI is InChI=1S/C28H30N2O2S/c1-4-21(20-12-6-5-7-13-20)27(32)29-24-16-10-8-15-23(24)28-30(26(31)18-33-28)25-17-11-9-14-22(25)19(2)3/h5-17,19,21,28H,4,18H2,1-3H3,(H,29,32)/t21-,28+/m0/s1. The first-order valence-corrected chi connectivity index (χ1v) is 12.5. The number of hydrogen-bond donors (Lipinski definition) is 1. The number of nitrogens with one attached hydrogen (secondary N) is 1. The molecule has 0 spiro atoms. The minimum atomic E-state index is -0.227. The number of para-hydroxylation sites is 2. The highest BCUT2D eigenvalue weighted by molar-refractivity contribution is 8.00. The summed E-state index contributed by atoms with van der Waals surface area (Å²) in [5.74, 6) is 0.553. The van der Waals surface area contributed by atoms with Gasteiger partial charge in [0.15, 0.2) is 0 Å². The van der Waals surface area contributed by atoms with E-state index in [0.29, 0.717) is 18.1 Å². The van der Waals surface area contributed by atoms with Crippen molar-refractivity contribution in [3.63, 3.8) is 0 Å². The minimum Gasteiger partial charge on any atom is -0.325 e. The fourth-order valence-corrected chi connectivity index (χ4v) is 5.62. The van der Waals surface area contributed by atoms with E-state index in [1.54, 1.807) is 11.8 Å². The molecule has 1 fully saturated rings. The van der Waals surface area contributed by atoms with Crippen LogP contribution in [0.5, 0.6) is 0 Å². The van der Waals surface area contributed by atoms with Crippen molar-refractivity contribution >= 4 is 35.0 Å². The lowest BCUT2D eigenvalue weighted by molar-refractivity contribution is -0.117. The van der Waals surface area contributed by atoms with Gasteiger partial charge < -0.3 is 5.32 Å². The normalized spacial score (nSPS) is 16.8. The van der Waals surface area contributed by atoms with Crippen LogP contribution >= 0.6 is 11.8 Å².